The summed E-state index contributed by atoms with van der Waals surface area (Å²) in [4.78, 5) is 4.13. The van der Waals surface area contributed by atoms with Crippen LogP contribution in [0.4, 0.5) is 4.39 Å². The second-order valence-corrected chi connectivity index (χ2v) is 4.75. The summed E-state index contributed by atoms with van der Waals surface area (Å²) in [5.74, 6) is 0.491. The Balaban J connectivity index is 2.26. The van der Waals surface area contributed by atoms with Crippen LogP contribution in [0.1, 0.15) is 11.1 Å². The third-order valence-corrected chi connectivity index (χ3v) is 2.89. The number of benzene rings is 1. The average molecular weight is 311 g/mol. The maximum Gasteiger partial charge on any atom is 0.222 e. The number of nitrogens with two attached hydrogens (primary N) is 1. The van der Waals surface area contributed by atoms with Crippen LogP contribution in [-0.2, 0) is 6.54 Å². The minimum absolute atomic E-state index is 0.168. The predicted molar refractivity (Wildman–Crippen MR) is 71.0 cm³/mol. The Bertz CT molecular complexity index is 575. The first kappa shape index (κ1) is 13.0. The molecule has 0 aliphatic heterocycles. The van der Waals surface area contributed by atoms with Gasteiger partial charge in [-0.15, -0.1) is 0 Å². The van der Waals surface area contributed by atoms with Crippen molar-refractivity contribution < 1.29 is 9.13 Å². The monoisotopic (exact) mass is 310 g/mol. The minimum atomic E-state index is -0.371. The molecule has 94 valence electrons. The van der Waals surface area contributed by atoms with Crippen molar-refractivity contribution in [3.8, 4) is 11.6 Å². The third-order valence-electron chi connectivity index (χ3n) is 2.46. The van der Waals surface area contributed by atoms with Gasteiger partial charge in [0, 0.05) is 34.4 Å². The molecule has 3 nitrogen and oxygen atoms in total. The van der Waals surface area contributed by atoms with Crippen molar-refractivity contribution in [3.05, 3.63) is 51.9 Å². The van der Waals surface area contributed by atoms with Gasteiger partial charge in [0.15, 0.2) is 0 Å². The Morgan fingerprint density at radius 2 is 2.17 bits per heavy atom. The summed E-state index contributed by atoms with van der Waals surface area (Å²) in [5, 5.41) is 0. The Kier molecular flexibility index (Phi) is 3.93. The van der Waals surface area contributed by atoms with E-state index in [4.69, 9.17) is 10.5 Å². The molecule has 0 saturated heterocycles. The van der Waals surface area contributed by atoms with Gasteiger partial charge in [0.1, 0.15) is 11.6 Å². The summed E-state index contributed by atoms with van der Waals surface area (Å²) in [6, 6.07) is 6.48. The van der Waals surface area contributed by atoms with Crippen LogP contribution in [0.15, 0.2) is 34.9 Å². The van der Waals surface area contributed by atoms with Gasteiger partial charge in [-0.05, 0) is 35.0 Å². The highest BCUT2D eigenvalue weighted by Crippen LogP contribution is 2.26. The van der Waals surface area contributed by atoms with Gasteiger partial charge in [-0.2, -0.15) is 0 Å². The molecular formula is C13H12BrFN2O. The van der Waals surface area contributed by atoms with Crippen LogP contribution in [0, 0.1) is 12.7 Å². The van der Waals surface area contributed by atoms with Crippen molar-refractivity contribution in [1.82, 2.24) is 4.98 Å². The topological polar surface area (TPSA) is 48.1 Å². The zero-order chi connectivity index (χ0) is 13.1. The highest BCUT2D eigenvalue weighted by atomic mass is 79.9. The average Bonchev–Trinajstić information content (AvgIpc) is 2.33. The van der Waals surface area contributed by atoms with Crippen molar-refractivity contribution in [3.63, 3.8) is 0 Å². The Hall–Kier alpha value is -1.46. The maximum absolute atomic E-state index is 13.5. The summed E-state index contributed by atoms with van der Waals surface area (Å²) in [6.45, 7) is 2.04. The molecule has 1 heterocycles. The van der Waals surface area contributed by atoms with E-state index in [1.807, 2.05) is 13.0 Å². The van der Waals surface area contributed by atoms with E-state index in [0.29, 0.717) is 17.2 Å². The smallest absolute Gasteiger partial charge is 0.222 e. The van der Waals surface area contributed by atoms with Gasteiger partial charge >= 0.3 is 0 Å². The SMILES string of the molecule is Cc1cc(Br)cnc1Oc1ccc(CN)c(F)c1. The lowest BCUT2D eigenvalue weighted by atomic mass is 10.2. The molecule has 5 heteroatoms. The highest BCUT2D eigenvalue weighted by Gasteiger charge is 2.06. The number of pyridine rings is 1. The molecule has 0 spiro atoms. The van der Waals surface area contributed by atoms with Gasteiger partial charge < -0.3 is 10.5 Å². The van der Waals surface area contributed by atoms with Crippen molar-refractivity contribution in [1.29, 1.82) is 0 Å². The highest BCUT2D eigenvalue weighted by molar-refractivity contribution is 9.10. The Morgan fingerprint density at radius 3 is 2.78 bits per heavy atom. The van der Waals surface area contributed by atoms with Crippen molar-refractivity contribution >= 4 is 15.9 Å². The molecule has 0 amide bonds. The molecule has 0 saturated carbocycles. The van der Waals surface area contributed by atoms with Gasteiger partial charge in [0.2, 0.25) is 5.88 Å². The molecule has 0 unspecified atom stereocenters. The van der Waals surface area contributed by atoms with Crippen LogP contribution in [0.3, 0.4) is 0 Å². The molecule has 1 aromatic heterocycles. The quantitative estimate of drug-likeness (QED) is 0.943. The normalized spacial score (nSPS) is 10.4. The van der Waals surface area contributed by atoms with E-state index in [0.717, 1.165) is 10.0 Å². The fourth-order valence-corrected chi connectivity index (χ4v) is 1.95. The second-order valence-electron chi connectivity index (χ2n) is 3.83. The first-order valence-electron chi connectivity index (χ1n) is 5.38. The largest absolute Gasteiger partial charge is 0.439 e. The predicted octanol–water partition coefficient (Wildman–Crippen LogP) is 3.54. The number of rotatable bonds is 3. The molecule has 2 aromatic rings. The first-order valence-corrected chi connectivity index (χ1v) is 6.18. The van der Waals surface area contributed by atoms with E-state index < -0.39 is 0 Å². The van der Waals surface area contributed by atoms with E-state index in [2.05, 4.69) is 20.9 Å². The van der Waals surface area contributed by atoms with Crippen molar-refractivity contribution in [2.45, 2.75) is 13.5 Å². The van der Waals surface area contributed by atoms with Crippen LogP contribution in [0.25, 0.3) is 0 Å². The van der Waals surface area contributed by atoms with Crippen LogP contribution >= 0.6 is 15.9 Å². The molecule has 0 aliphatic carbocycles. The molecule has 1 aromatic carbocycles. The van der Waals surface area contributed by atoms with E-state index in [1.54, 1.807) is 18.3 Å². The standard InChI is InChI=1S/C13H12BrFN2O/c1-8-4-10(14)7-17-13(8)18-11-3-2-9(6-16)12(15)5-11/h2-5,7H,6,16H2,1H3. The van der Waals surface area contributed by atoms with Crippen LogP contribution in [0.2, 0.25) is 0 Å². The molecule has 0 atom stereocenters. The maximum atomic E-state index is 13.5. The molecule has 2 rings (SSSR count). The zero-order valence-electron chi connectivity index (χ0n) is 9.78. The Labute approximate surface area is 113 Å². The lowest BCUT2D eigenvalue weighted by Gasteiger charge is -2.08. The van der Waals surface area contributed by atoms with Gasteiger partial charge in [-0.1, -0.05) is 6.07 Å². The number of aromatic nitrogens is 1. The van der Waals surface area contributed by atoms with Gasteiger partial charge in [0.25, 0.3) is 0 Å². The van der Waals surface area contributed by atoms with Crippen molar-refractivity contribution in [2.75, 3.05) is 0 Å². The summed E-state index contributed by atoms with van der Waals surface area (Å²) < 4.78 is 19.9. The van der Waals surface area contributed by atoms with Gasteiger partial charge in [0.05, 0.1) is 0 Å². The van der Waals surface area contributed by atoms with Gasteiger partial charge in [-0.3, -0.25) is 0 Å². The lowest BCUT2D eigenvalue weighted by Crippen LogP contribution is -2.00. The number of halogens is 2. The molecule has 0 aliphatic rings. The second kappa shape index (κ2) is 5.46. The van der Waals surface area contributed by atoms with Crippen LogP contribution in [-0.4, -0.2) is 4.98 Å². The van der Waals surface area contributed by atoms with E-state index in [-0.39, 0.29) is 12.4 Å². The Morgan fingerprint density at radius 1 is 1.39 bits per heavy atom. The number of nitrogens with zero attached hydrogens (tertiary/aromatic N) is 1. The van der Waals surface area contributed by atoms with Crippen LogP contribution < -0.4 is 10.5 Å². The molecule has 2 N–H and O–H groups in total. The number of hydrogen-bond donors (Lipinski definition) is 1. The number of hydrogen-bond acceptors (Lipinski definition) is 3. The molecule has 18 heavy (non-hydrogen) atoms. The summed E-state index contributed by atoms with van der Waals surface area (Å²) in [6.07, 6.45) is 1.63. The van der Waals surface area contributed by atoms with E-state index in [9.17, 15) is 4.39 Å². The third kappa shape index (κ3) is 2.86. The van der Waals surface area contributed by atoms with E-state index >= 15 is 0 Å². The van der Waals surface area contributed by atoms with Crippen molar-refractivity contribution in [2.24, 2.45) is 5.73 Å². The summed E-state index contributed by atoms with van der Waals surface area (Å²) >= 11 is 3.32. The zero-order valence-corrected chi connectivity index (χ0v) is 11.4. The number of aryl methyl sites for hydroxylation is 1. The first-order chi connectivity index (χ1) is 8.60. The van der Waals surface area contributed by atoms with Crippen LogP contribution in [0.5, 0.6) is 11.6 Å². The fourth-order valence-electron chi connectivity index (χ4n) is 1.50. The fraction of sp³-hybridized carbons (Fsp3) is 0.154. The minimum Gasteiger partial charge on any atom is -0.439 e. The van der Waals surface area contributed by atoms with Gasteiger partial charge in [-0.25, -0.2) is 9.37 Å². The van der Waals surface area contributed by atoms with E-state index in [1.165, 1.54) is 6.07 Å². The summed E-state index contributed by atoms with van der Waals surface area (Å²) in [5.41, 5.74) is 6.72. The summed E-state index contributed by atoms with van der Waals surface area (Å²) in [7, 11) is 0. The molecular weight excluding hydrogens is 299 g/mol. The number of ether oxygens (including phenoxy) is 1. The molecule has 0 bridgehead atoms. The lowest BCUT2D eigenvalue weighted by molar-refractivity contribution is 0.453. The molecule has 0 radical (unpaired) electrons. The molecule has 0 fully saturated rings.